The minimum absolute atomic E-state index is 0.00994. The van der Waals surface area contributed by atoms with E-state index in [2.05, 4.69) is 10.0 Å². The zero-order valence-corrected chi connectivity index (χ0v) is 15.7. The topological polar surface area (TPSA) is 113 Å². The Labute approximate surface area is 158 Å². The van der Waals surface area contributed by atoms with Gasteiger partial charge in [0.05, 0.1) is 4.90 Å². The first-order valence-electron chi connectivity index (χ1n) is 8.44. The molecule has 3 N–H and O–H groups in total. The molecule has 0 aliphatic rings. The summed E-state index contributed by atoms with van der Waals surface area (Å²) in [5.74, 6) is -1.39. The largest absolute Gasteiger partial charge is 0.481 e. The highest BCUT2D eigenvalue weighted by Crippen LogP contribution is 2.13. The standard InChI is InChI=1S/C19H22N2O5S/c1-14(10-11-18(22)23)21-19(24)16-8-5-9-17(12-16)27(25,26)20-13-15-6-3-2-4-7-15/h2-9,12,14,20H,10-11,13H2,1H3,(H,21,24)(H,22,23). The van der Waals surface area contributed by atoms with Crippen molar-refractivity contribution in [2.75, 3.05) is 0 Å². The number of nitrogens with one attached hydrogen (secondary N) is 2. The number of benzene rings is 2. The average Bonchev–Trinajstić information content (AvgIpc) is 2.66. The van der Waals surface area contributed by atoms with Crippen LogP contribution in [0, 0.1) is 0 Å². The maximum Gasteiger partial charge on any atom is 0.303 e. The molecule has 0 heterocycles. The van der Waals surface area contributed by atoms with E-state index < -0.39 is 21.9 Å². The fourth-order valence-electron chi connectivity index (χ4n) is 2.38. The number of hydrogen-bond acceptors (Lipinski definition) is 4. The predicted molar refractivity (Wildman–Crippen MR) is 101 cm³/mol. The lowest BCUT2D eigenvalue weighted by Crippen LogP contribution is -2.33. The van der Waals surface area contributed by atoms with Crippen LogP contribution >= 0.6 is 0 Å². The number of amides is 1. The Morgan fingerprint density at radius 1 is 1.07 bits per heavy atom. The van der Waals surface area contributed by atoms with Crippen LogP contribution in [0.2, 0.25) is 0 Å². The molecule has 144 valence electrons. The predicted octanol–water partition coefficient (Wildman–Crippen LogP) is 2.15. The van der Waals surface area contributed by atoms with E-state index in [1.165, 1.54) is 24.3 Å². The molecule has 0 aliphatic heterocycles. The monoisotopic (exact) mass is 390 g/mol. The summed E-state index contributed by atoms with van der Waals surface area (Å²) in [6.45, 7) is 1.84. The minimum Gasteiger partial charge on any atom is -0.481 e. The average molecular weight is 390 g/mol. The lowest BCUT2D eigenvalue weighted by molar-refractivity contribution is -0.137. The normalized spacial score (nSPS) is 12.3. The molecule has 27 heavy (non-hydrogen) atoms. The Bertz CT molecular complexity index is 897. The van der Waals surface area contributed by atoms with Crippen LogP contribution in [0.1, 0.15) is 35.7 Å². The molecule has 1 atom stereocenters. The van der Waals surface area contributed by atoms with E-state index in [9.17, 15) is 18.0 Å². The van der Waals surface area contributed by atoms with E-state index in [0.717, 1.165) is 5.56 Å². The summed E-state index contributed by atoms with van der Waals surface area (Å²) in [5, 5.41) is 11.4. The molecule has 0 saturated carbocycles. The molecule has 1 amide bonds. The SMILES string of the molecule is CC(CCC(=O)O)NC(=O)c1cccc(S(=O)(=O)NCc2ccccc2)c1. The van der Waals surface area contributed by atoms with Crippen molar-refractivity contribution in [1.82, 2.24) is 10.0 Å². The number of carbonyl (C=O) groups excluding carboxylic acids is 1. The van der Waals surface area contributed by atoms with Crippen molar-refractivity contribution in [1.29, 1.82) is 0 Å². The number of aliphatic carboxylic acids is 1. The summed E-state index contributed by atoms with van der Waals surface area (Å²) < 4.78 is 27.5. The van der Waals surface area contributed by atoms with Gasteiger partial charge in [-0.1, -0.05) is 36.4 Å². The molecule has 0 saturated heterocycles. The number of rotatable bonds is 9. The fourth-order valence-corrected chi connectivity index (χ4v) is 3.44. The van der Waals surface area contributed by atoms with Gasteiger partial charge in [0.2, 0.25) is 10.0 Å². The lowest BCUT2D eigenvalue weighted by Gasteiger charge is -2.13. The summed E-state index contributed by atoms with van der Waals surface area (Å²) in [6.07, 6.45) is 0.233. The molecule has 0 radical (unpaired) electrons. The van der Waals surface area contributed by atoms with Crippen molar-refractivity contribution < 1.29 is 23.1 Å². The van der Waals surface area contributed by atoms with E-state index in [4.69, 9.17) is 5.11 Å². The van der Waals surface area contributed by atoms with Crippen LogP contribution < -0.4 is 10.0 Å². The van der Waals surface area contributed by atoms with Gasteiger partial charge in [-0.25, -0.2) is 13.1 Å². The Morgan fingerprint density at radius 2 is 1.78 bits per heavy atom. The maximum absolute atomic E-state index is 12.5. The van der Waals surface area contributed by atoms with Crippen molar-refractivity contribution >= 4 is 21.9 Å². The third kappa shape index (κ3) is 6.50. The van der Waals surface area contributed by atoms with E-state index in [0.29, 0.717) is 0 Å². The van der Waals surface area contributed by atoms with E-state index in [1.807, 2.05) is 30.3 Å². The van der Waals surface area contributed by atoms with Crippen molar-refractivity contribution in [2.45, 2.75) is 37.2 Å². The lowest BCUT2D eigenvalue weighted by atomic mass is 10.1. The number of hydrogen-bond donors (Lipinski definition) is 3. The Kier molecular flexibility index (Phi) is 7.09. The van der Waals surface area contributed by atoms with Crippen molar-refractivity contribution in [3.63, 3.8) is 0 Å². The molecule has 0 spiro atoms. The van der Waals surface area contributed by atoms with Gasteiger partial charge in [-0.05, 0) is 37.1 Å². The van der Waals surface area contributed by atoms with E-state index in [1.54, 1.807) is 6.92 Å². The van der Waals surface area contributed by atoms with Crippen LogP contribution in [0.4, 0.5) is 0 Å². The van der Waals surface area contributed by atoms with Gasteiger partial charge in [-0.2, -0.15) is 0 Å². The highest BCUT2D eigenvalue weighted by Gasteiger charge is 2.17. The van der Waals surface area contributed by atoms with Crippen molar-refractivity contribution in [3.05, 3.63) is 65.7 Å². The second-order valence-electron chi connectivity index (χ2n) is 6.14. The number of carboxylic acids is 1. The summed E-state index contributed by atoms with van der Waals surface area (Å²) in [6, 6.07) is 14.5. The summed E-state index contributed by atoms with van der Waals surface area (Å²) in [4.78, 5) is 22.9. The molecule has 2 rings (SSSR count). The summed E-state index contributed by atoms with van der Waals surface area (Å²) in [7, 11) is -3.77. The number of carbonyl (C=O) groups is 2. The van der Waals surface area contributed by atoms with Crippen molar-refractivity contribution in [3.8, 4) is 0 Å². The summed E-state index contributed by atoms with van der Waals surface area (Å²) in [5.41, 5.74) is 1.02. The molecule has 0 bridgehead atoms. The fraction of sp³-hybridized carbons (Fsp3) is 0.263. The second-order valence-corrected chi connectivity index (χ2v) is 7.91. The second kappa shape index (κ2) is 9.29. The third-order valence-electron chi connectivity index (χ3n) is 3.88. The Morgan fingerprint density at radius 3 is 2.44 bits per heavy atom. The molecule has 0 aromatic heterocycles. The first-order valence-corrected chi connectivity index (χ1v) is 9.92. The number of carboxylic acid groups (broad SMARTS) is 1. The van der Waals surface area contributed by atoms with Gasteiger partial charge in [0.15, 0.2) is 0 Å². The highest BCUT2D eigenvalue weighted by molar-refractivity contribution is 7.89. The van der Waals surface area contributed by atoms with Gasteiger partial charge in [-0.3, -0.25) is 9.59 Å². The van der Waals surface area contributed by atoms with Crippen LogP contribution in [0.15, 0.2) is 59.5 Å². The molecular formula is C19H22N2O5S. The maximum atomic E-state index is 12.5. The minimum atomic E-state index is -3.77. The zero-order valence-electron chi connectivity index (χ0n) is 14.9. The van der Waals surface area contributed by atoms with Gasteiger partial charge in [0.1, 0.15) is 0 Å². The summed E-state index contributed by atoms with van der Waals surface area (Å²) >= 11 is 0. The van der Waals surface area contributed by atoms with Gasteiger partial charge < -0.3 is 10.4 Å². The Balaban J connectivity index is 2.04. The molecule has 7 nitrogen and oxygen atoms in total. The van der Waals surface area contributed by atoms with Gasteiger partial charge >= 0.3 is 5.97 Å². The van der Waals surface area contributed by atoms with Gasteiger partial charge in [0, 0.05) is 24.6 Å². The van der Waals surface area contributed by atoms with Gasteiger partial charge in [-0.15, -0.1) is 0 Å². The van der Waals surface area contributed by atoms with Crippen molar-refractivity contribution in [2.24, 2.45) is 0 Å². The third-order valence-corrected chi connectivity index (χ3v) is 5.28. The van der Waals surface area contributed by atoms with Crippen LogP contribution in [0.25, 0.3) is 0 Å². The molecule has 2 aromatic rings. The van der Waals surface area contributed by atoms with Crippen LogP contribution in [0.3, 0.4) is 0 Å². The first kappa shape index (κ1) is 20.6. The molecule has 0 aliphatic carbocycles. The Hall–Kier alpha value is -2.71. The quantitative estimate of drug-likeness (QED) is 0.607. The van der Waals surface area contributed by atoms with Gasteiger partial charge in [0.25, 0.3) is 5.91 Å². The van der Waals surface area contributed by atoms with Crippen LogP contribution in [-0.2, 0) is 21.4 Å². The number of sulfonamides is 1. The molecule has 1 unspecified atom stereocenters. The first-order chi connectivity index (χ1) is 12.8. The molecule has 2 aromatic carbocycles. The molecule has 8 heteroatoms. The molecular weight excluding hydrogens is 368 g/mol. The van der Waals surface area contributed by atoms with E-state index in [-0.39, 0.29) is 35.9 Å². The van der Waals surface area contributed by atoms with E-state index >= 15 is 0 Å². The zero-order chi connectivity index (χ0) is 19.9. The van der Waals surface area contributed by atoms with Crippen LogP contribution in [0.5, 0.6) is 0 Å². The molecule has 0 fully saturated rings. The smallest absolute Gasteiger partial charge is 0.303 e. The highest BCUT2D eigenvalue weighted by atomic mass is 32.2. The van der Waals surface area contributed by atoms with Crippen LogP contribution in [-0.4, -0.2) is 31.4 Å².